The van der Waals surface area contributed by atoms with Gasteiger partial charge >= 0.3 is 0 Å². The third-order valence-corrected chi connectivity index (χ3v) is 6.40. The minimum absolute atomic E-state index is 0.162. The van der Waals surface area contributed by atoms with E-state index in [1.165, 1.54) is 41.7 Å². The van der Waals surface area contributed by atoms with Crippen LogP contribution in [0, 0.1) is 5.82 Å². The Labute approximate surface area is 151 Å². The van der Waals surface area contributed by atoms with Crippen molar-refractivity contribution in [2.75, 3.05) is 20.2 Å². The molecular weight excluding hydrogens is 453 g/mol. The summed E-state index contributed by atoms with van der Waals surface area (Å²) in [5.41, 5.74) is 0. The predicted molar refractivity (Wildman–Crippen MR) is 93.6 cm³/mol. The number of nitrogens with zero attached hydrogens (tertiary/aromatic N) is 1. The molecule has 2 aromatic rings. The summed E-state index contributed by atoms with van der Waals surface area (Å²) in [4.78, 5) is 0.185. The maximum absolute atomic E-state index is 12.8. The van der Waals surface area contributed by atoms with Gasteiger partial charge in [0.1, 0.15) is 18.2 Å². The van der Waals surface area contributed by atoms with Gasteiger partial charge in [0.05, 0.1) is 4.90 Å². The third kappa shape index (κ3) is 4.76. The van der Waals surface area contributed by atoms with Crippen molar-refractivity contribution in [1.29, 1.82) is 0 Å². The van der Waals surface area contributed by atoms with Gasteiger partial charge in [0, 0.05) is 22.5 Å². The molecule has 0 saturated carbocycles. The Morgan fingerprint density at radius 2 is 1.78 bits per heavy atom. The summed E-state index contributed by atoms with van der Waals surface area (Å²) in [7, 11) is -2.14. The van der Waals surface area contributed by atoms with Crippen LogP contribution in [0.5, 0.6) is 5.75 Å². The molecule has 0 unspecified atom stereocenters. The van der Waals surface area contributed by atoms with Crippen LogP contribution in [0.3, 0.4) is 0 Å². The van der Waals surface area contributed by atoms with Crippen molar-refractivity contribution in [2.24, 2.45) is 0 Å². The van der Waals surface area contributed by atoms with Crippen molar-refractivity contribution >= 4 is 41.9 Å². The highest BCUT2D eigenvalue weighted by molar-refractivity contribution is 9.11. The van der Waals surface area contributed by atoms with E-state index >= 15 is 0 Å². The Morgan fingerprint density at radius 1 is 1.13 bits per heavy atom. The number of ether oxygens (including phenoxy) is 1. The third-order valence-electron chi connectivity index (χ3n) is 3.07. The molecule has 2 rings (SSSR count). The fraction of sp³-hybridized carbons (Fsp3) is 0.200. The van der Waals surface area contributed by atoms with Crippen LogP contribution >= 0.6 is 31.9 Å². The van der Waals surface area contributed by atoms with Crippen LogP contribution in [0.4, 0.5) is 4.39 Å². The molecule has 4 nitrogen and oxygen atoms in total. The van der Waals surface area contributed by atoms with Gasteiger partial charge in [-0.25, -0.2) is 12.8 Å². The molecule has 0 fully saturated rings. The van der Waals surface area contributed by atoms with Crippen molar-refractivity contribution in [1.82, 2.24) is 4.31 Å². The molecule has 0 N–H and O–H groups in total. The molecule has 0 atom stereocenters. The van der Waals surface area contributed by atoms with E-state index in [0.717, 1.165) is 4.47 Å². The van der Waals surface area contributed by atoms with Crippen LogP contribution in [-0.2, 0) is 10.0 Å². The van der Waals surface area contributed by atoms with Crippen LogP contribution in [0.15, 0.2) is 56.3 Å². The lowest BCUT2D eigenvalue weighted by Gasteiger charge is -2.18. The molecule has 0 aromatic heterocycles. The smallest absolute Gasteiger partial charge is 0.244 e. The summed E-state index contributed by atoms with van der Waals surface area (Å²) in [5.74, 6) is 0.138. The molecule has 0 saturated heterocycles. The topological polar surface area (TPSA) is 46.6 Å². The molecule has 0 aliphatic rings. The number of rotatable bonds is 6. The lowest BCUT2D eigenvalue weighted by molar-refractivity contribution is 0.286. The van der Waals surface area contributed by atoms with Gasteiger partial charge in [0.15, 0.2) is 0 Å². The number of sulfonamides is 1. The summed E-state index contributed by atoms with van der Waals surface area (Å²) in [5, 5.41) is 0. The van der Waals surface area contributed by atoms with Gasteiger partial charge in [-0.1, -0.05) is 15.9 Å². The van der Waals surface area contributed by atoms with E-state index < -0.39 is 10.0 Å². The molecule has 0 bridgehead atoms. The van der Waals surface area contributed by atoms with Gasteiger partial charge in [-0.05, 0) is 58.4 Å². The van der Waals surface area contributed by atoms with Crippen LogP contribution in [0.1, 0.15) is 0 Å². The zero-order valence-corrected chi connectivity index (χ0v) is 16.2. The molecule has 0 aliphatic carbocycles. The number of hydrogen-bond acceptors (Lipinski definition) is 3. The monoisotopic (exact) mass is 465 g/mol. The Balaban J connectivity index is 2.01. The molecule has 23 heavy (non-hydrogen) atoms. The van der Waals surface area contributed by atoms with Crippen molar-refractivity contribution in [3.05, 3.63) is 57.2 Å². The van der Waals surface area contributed by atoms with Crippen molar-refractivity contribution in [3.8, 4) is 5.75 Å². The fourth-order valence-electron chi connectivity index (χ4n) is 1.80. The van der Waals surface area contributed by atoms with Crippen molar-refractivity contribution in [3.63, 3.8) is 0 Å². The zero-order valence-electron chi connectivity index (χ0n) is 12.2. The molecular formula is C15H14Br2FNO3S. The van der Waals surface area contributed by atoms with E-state index in [4.69, 9.17) is 4.74 Å². The number of hydrogen-bond donors (Lipinski definition) is 0. The van der Waals surface area contributed by atoms with Crippen LogP contribution < -0.4 is 4.74 Å². The first-order valence-corrected chi connectivity index (χ1v) is 9.63. The normalized spacial score (nSPS) is 11.7. The second-order valence-electron chi connectivity index (χ2n) is 4.70. The number of halogens is 3. The first-order chi connectivity index (χ1) is 10.8. The molecule has 0 amide bonds. The molecule has 0 aliphatic heterocycles. The fourth-order valence-corrected chi connectivity index (χ4v) is 4.65. The van der Waals surface area contributed by atoms with E-state index in [0.29, 0.717) is 10.2 Å². The van der Waals surface area contributed by atoms with E-state index in [1.807, 2.05) is 0 Å². The van der Waals surface area contributed by atoms with Crippen molar-refractivity contribution < 1.29 is 17.5 Å². The largest absolute Gasteiger partial charge is 0.492 e. The van der Waals surface area contributed by atoms with Gasteiger partial charge < -0.3 is 4.74 Å². The maximum atomic E-state index is 12.8. The lowest BCUT2D eigenvalue weighted by atomic mass is 10.3. The Kier molecular flexibility index (Phi) is 6.19. The summed E-state index contributed by atoms with van der Waals surface area (Å²) in [6.07, 6.45) is 0. The second-order valence-corrected chi connectivity index (χ2v) is 8.49. The average Bonchev–Trinajstić information content (AvgIpc) is 2.48. The molecule has 0 spiro atoms. The average molecular weight is 467 g/mol. The predicted octanol–water partition coefficient (Wildman–Crippen LogP) is 4.05. The summed E-state index contributed by atoms with van der Waals surface area (Å²) in [6, 6.07) is 10.4. The lowest BCUT2D eigenvalue weighted by Crippen LogP contribution is -2.31. The molecule has 8 heteroatoms. The molecule has 0 heterocycles. The highest BCUT2D eigenvalue weighted by Crippen LogP contribution is 2.27. The first kappa shape index (κ1) is 18.4. The standard InChI is InChI=1S/C15H14Br2FNO3S/c1-19(8-9-22-13-5-3-12(18)4-6-13)23(20,21)15-7-2-11(16)10-14(15)17/h2-7,10H,8-9H2,1H3. The summed E-state index contributed by atoms with van der Waals surface area (Å²) >= 11 is 6.55. The Morgan fingerprint density at radius 3 is 2.39 bits per heavy atom. The summed E-state index contributed by atoms with van der Waals surface area (Å²) in [6.45, 7) is 0.331. The van der Waals surface area contributed by atoms with Crippen LogP contribution in [0.2, 0.25) is 0 Å². The van der Waals surface area contributed by atoms with E-state index in [9.17, 15) is 12.8 Å². The quantitative estimate of drug-likeness (QED) is 0.645. The van der Waals surface area contributed by atoms with Gasteiger partial charge in [0.25, 0.3) is 0 Å². The number of benzene rings is 2. The number of likely N-dealkylation sites (N-methyl/N-ethyl adjacent to an activating group) is 1. The molecule has 0 radical (unpaired) electrons. The minimum Gasteiger partial charge on any atom is -0.492 e. The molecule has 2 aromatic carbocycles. The van der Waals surface area contributed by atoms with E-state index in [2.05, 4.69) is 31.9 Å². The van der Waals surface area contributed by atoms with E-state index in [1.54, 1.807) is 12.1 Å². The zero-order chi connectivity index (χ0) is 17.0. The molecule has 124 valence electrons. The van der Waals surface area contributed by atoms with Gasteiger partial charge in [-0.15, -0.1) is 0 Å². The Bertz CT molecular complexity index is 782. The van der Waals surface area contributed by atoms with Crippen molar-refractivity contribution in [2.45, 2.75) is 4.90 Å². The van der Waals surface area contributed by atoms with Gasteiger partial charge in [-0.3, -0.25) is 0 Å². The van der Waals surface area contributed by atoms with Crippen LogP contribution in [0.25, 0.3) is 0 Å². The second kappa shape index (κ2) is 7.74. The van der Waals surface area contributed by atoms with Gasteiger partial charge in [-0.2, -0.15) is 4.31 Å². The van der Waals surface area contributed by atoms with Gasteiger partial charge in [0.2, 0.25) is 10.0 Å². The minimum atomic E-state index is -3.62. The Hall–Kier alpha value is -0.960. The van der Waals surface area contributed by atoms with E-state index in [-0.39, 0.29) is 23.9 Å². The first-order valence-electron chi connectivity index (χ1n) is 6.60. The highest BCUT2D eigenvalue weighted by atomic mass is 79.9. The SMILES string of the molecule is CN(CCOc1ccc(F)cc1)S(=O)(=O)c1ccc(Br)cc1Br. The summed E-state index contributed by atoms with van der Waals surface area (Å²) < 4.78 is 45.8. The van der Waals surface area contributed by atoms with Crippen LogP contribution in [-0.4, -0.2) is 32.9 Å². The highest BCUT2D eigenvalue weighted by Gasteiger charge is 2.23. The maximum Gasteiger partial charge on any atom is 0.244 e.